The molecule has 0 saturated heterocycles. The molecule has 0 fully saturated rings. The molecule has 2 rings (SSSR count). The fourth-order valence-electron chi connectivity index (χ4n) is 1.41. The first-order valence-electron chi connectivity index (χ1n) is 5.08. The number of alkyl halides is 3. The lowest BCUT2D eigenvalue weighted by Gasteiger charge is -2.12. The highest BCUT2D eigenvalue weighted by atomic mass is 79.9. The van der Waals surface area contributed by atoms with Crippen LogP contribution in [0.15, 0.2) is 40.0 Å². The van der Waals surface area contributed by atoms with E-state index in [1.807, 2.05) is 0 Å². The van der Waals surface area contributed by atoms with Crippen LogP contribution < -0.4 is 4.72 Å². The highest BCUT2D eigenvalue weighted by Gasteiger charge is 2.33. The smallest absolute Gasteiger partial charge is 0.284 e. The molecule has 1 heterocycles. The lowest BCUT2D eigenvalue weighted by Crippen LogP contribution is -2.13. The Morgan fingerprint density at radius 1 is 1.30 bits per heavy atom. The number of anilines is 1. The van der Waals surface area contributed by atoms with Crippen molar-refractivity contribution < 1.29 is 21.6 Å². The van der Waals surface area contributed by atoms with Crippen molar-refractivity contribution in [3.8, 4) is 0 Å². The Balaban J connectivity index is 2.36. The van der Waals surface area contributed by atoms with Crippen molar-refractivity contribution >= 4 is 31.6 Å². The van der Waals surface area contributed by atoms with Crippen LogP contribution in [0.5, 0.6) is 0 Å². The maximum absolute atomic E-state index is 12.7. The van der Waals surface area contributed by atoms with E-state index in [0.29, 0.717) is 6.07 Å². The predicted molar refractivity (Wildman–Crippen MR) is 68.5 cm³/mol. The Morgan fingerprint density at radius 3 is 2.55 bits per heavy atom. The molecule has 0 amide bonds. The van der Waals surface area contributed by atoms with Crippen molar-refractivity contribution in [3.05, 3.63) is 40.6 Å². The third-order valence-electron chi connectivity index (χ3n) is 2.31. The quantitative estimate of drug-likeness (QED) is 0.873. The van der Waals surface area contributed by atoms with E-state index in [0.717, 1.165) is 18.5 Å². The van der Waals surface area contributed by atoms with Crippen LogP contribution in [0, 0.1) is 0 Å². The van der Waals surface area contributed by atoms with Gasteiger partial charge in [-0.1, -0.05) is 15.9 Å². The van der Waals surface area contributed by atoms with Gasteiger partial charge in [-0.25, -0.2) is 8.42 Å². The van der Waals surface area contributed by atoms with Crippen LogP contribution >= 0.6 is 15.9 Å². The molecule has 2 aromatic rings. The number of sulfonamides is 1. The van der Waals surface area contributed by atoms with Crippen molar-refractivity contribution in [2.75, 3.05) is 4.72 Å². The first-order valence-corrected chi connectivity index (χ1v) is 7.36. The Labute approximate surface area is 120 Å². The summed E-state index contributed by atoms with van der Waals surface area (Å²) in [6, 6.07) is 3.05. The Bertz CT molecular complexity index is 714. The second-order valence-electron chi connectivity index (χ2n) is 3.73. The molecule has 0 aliphatic rings. The van der Waals surface area contributed by atoms with Gasteiger partial charge in [0, 0.05) is 16.4 Å². The molecule has 0 aliphatic carbocycles. The van der Waals surface area contributed by atoms with Gasteiger partial charge in [0.1, 0.15) is 4.90 Å². The molecule has 5 nitrogen and oxygen atoms in total. The zero-order valence-electron chi connectivity index (χ0n) is 9.57. The maximum Gasteiger partial charge on any atom is 0.417 e. The summed E-state index contributed by atoms with van der Waals surface area (Å²) >= 11 is 2.77. The fourth-order valence-corrected chi connectivity index (χ4v) is 2.83. The molecule has 2 N–H and O–H groups in total. The molecule has 10 heteroatoms. The van der Waals surface area contributed by atoms with E-state index >= 15 is 0 Å². The van der Waals surface area contributed by atoms with E-state index in [2.05, 4.69) is 30.8 Å². The van der Waals surface area contributed by atoms with Gasteiger partial charge in [-0.15, -0.1) is 0 Å². The van der Waals surface area contributed by atoms with Crippen molar-refractivity contribution in [2.24, 2.45) is 0 Å². The molecule has 0 bridgehead atoms. The second-order valence-corrected chi connectivity index (χ2v) is 6.27. The van der Waals surface area contributed by atoms with Gasteiger partial charge in [0.25, 0.3) is 10.0 Å². The summed E-state index contributed by atoms with van der Waals surface area (Å²) in [5.74, 6) is 0. The van der Waals surface area contributed by atoms with Gasteiger partial charge in [0.05, 0.1) is 11.8 Å². The molecular weight excluding hydrogens is 363 g/mol. The van der Waals surface area contributed by atoms with Crippen molar-refractivity contribution in [1.82, 2.24) is 10.2 Å². The van der Waals surface area contributed by atoms with Gasteiger partial charge in [-0.05, 0) is 18.2 Å². The van der Waals surface area contributed by atoms with Crippen LogP contribution in [-0.4, -0.2) is 18.6 Å². The lowest BCUT2D eigenvalue weighted by atomic mass is 10.2. The van der Waals surface area contributed by atoms with Crippen LogP contribution in [0.4, 0.5) is 18.9 Å². The number of halogens is 4. The van der Waals surface area contributed by atoms with E-state index in [4.69, 9.17) is 0 Å². The first kappa shape index (κ1) is 14.9. The number of benzene rings is 1. The molecule has 0 aliphatic heterocycles. The second kappa shape index (κ2) is 5.09. The van der Waals surface area contributed by atoms with E-state index in [-0.39, 0.29) is 15.1 Å². The van der Waals surface area contributed by atoms with Crippen LogP contribution in [0.25, 0.3) is 0 Å². The molecular formula is C10H7BrF3N3O2S. The summed E-state index contributed by atoms with van der Waals surface area (Å²) in [5.41, 5.74) is -1.16. The number of H-pyrrole nitrogens is 1. The summed E-state index contributed by atoms with van der Waals surface area (Å²) in [6.45, 7) is 0. The Kier molecular flexibility index (Phi) is 3.78. The SMILES string of the molecule is O=S(=O)(Nc1ccc(Br)c(C(F)(F)F)c1)c1cn[nH]c1. The van der Waals surface area contributed by atoms with Crippen LogP contribution in [0.2, 0.25) is 0 Å². The monoisotopic (exact) mass is 369 g/mol. The number of nitrogens with zero attached hydrogens (tertiary/aromatic N) is 1. The maximum atomic E-state index is 12.7. The van der Waals surface area contributed by atoms with E-state index in [1.54, 1.807) is 0 Å². The van der Waals surface area contributed by atoms with Crippen LogP contribution in [0.1, 0.15) is 5.56 Å². The Morgan fingerprint density at radius 2 is 2.00 bits per heavy atom. The minimum absolute atomic E-state index is 0.170. The third-order valence-corrected chi connectivity index (χ3v) is 4.35. The molecule has 20 heavy (non-hydrogen) atoms. The molecule has 0 saturated carbocycles. The number of hydrogen-bond acceptors (Lipinski definition) is 3. The summed E-state index contributed by atoms with van der Waals surface area (Å²) < 4.78 is 63.7. The standard InChI is InChI=1S/C10H7BrF3N3O2S/c11-9-2-1-6(3-8(9)10(12,13)14)17-20(18,19)7-4-15-16-5-7/h1-5,17H,(H,15,16). The third kappa shape index (κ3) is 3.12. The zero-order chi connectivity index (χ0) is 15.0. The first-order chi connectivity index (χ1) is 9.20. The lowest BCUT2D eigenvalue weighted by molar-refractivity contribution is -0.138. The van der Waals surface area contributed by atoms with Gasteiger partial charge in [-0.3, -0.25) is 9.82 Å². The number of rotatable bonds is 3. The highest BCUT2D eigenvalue weighted by molar-refractivity contribution is 9.10. The number of hydrogen-bond donors (Lipinski definition) is 2. The number of nitrogens with one attached hydrogen (secondary N) is 2. The summed E-state index contributed by atoms with van der Waals surface area (Å²) in [6.07, 6.45) is -2.42. The molecule has 0 spiro atoms. The number of aromatic amines is 1. The van der Waals surface area contributed by atoms with Gasteiger partial charge >= 0.3 is 6.18 Å². The predicted octanol–water partition coefficient (Wildman–Crippen LogP) is 2.99. The summed E-state index contributed by atoms with van der Waals surface area (Å²) in [4.78, 5) is -0.172. The molecule has 108 valence electrons. The van der Waals surface area contributed by atoms with Gasteiger partial charge in [0.2, 0.25) is 0 Å². The van der Waals surface area contributed by atoms with Crippen molar-refractivity contribution in [1.29, 1.82) is 0 Å². The molecule has 0 radical (unpaired) electrons. The average Bonchev–Trinajstić information content (AvgIpc) is 2.84. The van der Waals surface area contributed by atoms with E-state index in [9.17, 15) is 21.6 Å². The highest BCUT2D eigenvalue weighted by Crippen LogP contribution is 2.36. The van der Waals surface area contributed by atoms with Gasteiger partial charge in [-0.2, -0.15) is 18.3 Å². The molecule has 0 unspecified atom stereocenters. The van der Waals surface area contributed by atoms with Crippen molar-refractivity contribution in [3.63, 3.8) is 0 Å². The van der Waals surface area contributed by atoms with Gasteiger partial charge in [0.15, 0.2) is 0 Å². The minimum Gasteiger partial charge on any atom is -0.284 e. The molecule has 1 aromatic heterocycles. The average molecular weight is 370 g/mol. The minimum atomic E-state index is -4.59. The normalized spacial score (nSPS) is 12.4. The zero-order valence-corrected chi connectivity index (χ0v) is 12.0. The van der Waals surface area contributed by atoms with Crippen LogP contribution in [-0.2, 0) is 16.2 Å². The summed E-state index contributed by atoms with van der Waals surface area (Å²) in [5, 5.41) is 5.78. The van der Waals surface area contributed by atoms with E-state index < -0.39 is 21.8 Å². The Hall–Kier alpha value is -1.55. The van der Waals surface area contributed by atoms with Gasteiger partial charge < -0.3 is 0 Å². The largest absolute Gasteiger partial charge is 0.417 e. The van der Waals surface area contributed by atoms with Crippen LogP contribution in [0.3, 0.4) is 0 Å². The summed E-state index contributed by atoms with van der Waals surface area (Å²) in [7, 11) is -3.97. The fraction of sp³-hybridized carbons (Fsp3) is 0.100. The number of aromatic nitrogens is 2. The molecule has 1 aromatic carbocycles. The van der Waals surface area contributed by atoms with Crippen molar-refractivity contribution in [2.45, 2.75) is 11.1 Å². The molecule has 0 atom stereocenters. The van der Waals surface area contributed by atoms with E-state index in [1.165, 1.54) is 6.07 Å². The topological polar surface area (TPSA) is 74.8 Å².